The number of carbonyl (C=O) groups excluding carboxylic acids is 1. The Kier molecular flexibility index (Phi) is 4.74. The zero-order valence-corrected chi connectivity index (χ0v) is 16.2. The molecule has 3 heterocycles. The molecule has 0 atom stereocenters. The van der Waals surface area contributed by atoms with Gasteiger partial charge < -0.3 is 14.6 Å². The average Bonchev–Trinajstić information content (AvgIpc) is 3.17. The third kappa shape index (κ3) is 3.49. The molecule has 0 spiro atoms. The van der Waals surface area contributed by atoms with Crippen LogP contribution in [0.1, 0.15) is 21.7 Å². The molecule has 4 aromatic rings. The number of pyridine rings is 1. The molecule has 0 bridgehead atoms. The highest BCUT2D eigenvalue weighted by molar-refractivity contribution is 6.10. The van der Waals surface area contributed by atoms with E-state index >= 15 is 0 Å². The van der Waals surface area contributed by atoms with E-state index in [4.69, 9.17) is 9.72 Å². The molecular formula is C24H23N3O2. The maximum Gasteiger partial charge on any atom is 0.272 e. The normalized spacial score (nSPS) is 14.6. The summed E-state index contributed by atoms with van der Waals surface area (Å²) in [6.07, 6.45) is 1.66. The van der Waals surface area contributed by atoms with Crippen LogP contribution in [0.5, 0.6) is 0 Å². The fourth-order valence-corrected chi connectivity index (χ4v) is 4.04. The number of nitrogens with zero attached hydrogens (tertiary/aromatic N) is 2. The van der Waals surface area contributed by atoms with E-state index in [1.54, 1.807) is 0 Å². The minimum absolute atomic E-state index is 0.0126. The molecular weight excluding hydrogens is 362 g/mol. The highest BCUT2D eigenvalue weighted by Gasteiger charge is 2.22. The first-order chi connectivity index (χ1) is 14.3. The molecule has 0 radical (unpaired) electrons. The number of morpholine rings is 1. The predicted octanol–water partition coefficient (Wildman–Crippen LogP) is 3.97. The number of para-hydroxylation sites is 1. The zero-order chi connectivity index (χ0) is 19.6. The van der Waals surface area contributed by atoms with Crippen molar-refractivity contribution in [3.8, 4) is 0 Å². The van der Waals surface area contributed by atoms with Gasteiger partial charge in [0.2, 0.25) is 0 Å². The molecule has 1 saturated heterocycles. The number of carbonyl (C=O) groups is 1. The van der Waals surface area contributed by atoms with Crippen molar-refractivity contribution in [1.29, 1.82) is 0 Å². The number of rotatable bonds is 4. The summed E-state index contributed by atoms with van der Waals surface area (Å²) in [6.45, 7) is 2.40. The molecule has 0 unspecified atom stereocenters. The molecule has 2 aromatic carbocycles. The Balaban J connectivity index is 1.58. The minimum Gasteiger partial charge on any atom is -0.378 e. The van der Waals surface area contributed by atoms with Crippen molar-refractivity contribution in [1.82, 2.24) is 14.9 Å². The van der Waals surface area contributed by atoms with Crippen molar-refractivity contribution in [2.24, 2.45) is 0 Å². The number of ether oxygens (including phenoxy) is 1. The number of aromatic amines is 1. The Labute approximate surface area is 169 Å². The van der Waals surface area contributed by atoms with E-state index in [1.165, 1.54) is 5.56 Å². The molecule has 1 amide bonds. The largest absolute Gasteiger partial charge is 0.378 e. The van der Waals surface area contributed by atoms with Crippen LogP contribution in [-0.4, -0.2) is 47.1 Å². The lowest BCUT2D eigenvalue weighted by atomic mass is 10.0. The van der Waals surface area contributed by atoms with E-state index in [0.717, 1.165) is 40.3 Å². The third-order valence-electron chi connectivity index (χ3n) is 5.58. The van der Waals surface area contributed by atoms with E-state index in [0.29, 0.717) is 32.0 Å². The van der Waals surface area contributed by atoms with Crippen LogP contribution in [0.4, 0.5) is 0 Å². The number of fused-ring (bicyclic) bond motifs is 3. The summed E-state index contributed by atoms with van der Waals surface area (Å²) in [4.78, 5) is 23.3. The van der Waals surface area contributed by atoms with Crippen LogP contribution in [0.15, 0.2) is 60.7 Å². The van der Waals surface area contributed by atoms with Crippen LogP contribution < -0.4 is 0 Å². The maximum absolute atomic E-state index is 13.1. The molecule has 5 nitrogen and oxygen atoms in total. The summed E-state index contributed by atoms with van der Waals surface area (Å²) in [5.41, 5.74) is 4.83. The van der Waals surface area contributed by atoms with Crippen LogP contribution in [0.2, 0.25) is 0 Å². The Bertz CT molecular complexity index is 1160. The summed E-state index contributed by atoms with van der Waals surface area (Å²) in [7, 11) is 0. The van der Waals surface area contributed by atoms with E-state index in [-0.39, 0.29) is 5.91 Å². The van der Waals surface area contributed by atoms with Gasteiger partial charge in [0.25, 0.3) is 5.91 Å². The maximum atomic E-state index is 13.1. The number of aryl methyl sites for hydroxylation is 2. The molecule has 0 aliphatic carbocycles. The number of nitrogens with one attached hydrogen (secondary N) is 1. The SMILES string of the molecule is O=C(c1cc2c([nH]c3ccccc32)c(CCc2ccccc2)n1)N1CCOCC1. The van der Waals surface area contributed by atoms with Crippen LogP contribution in [0.25, 0.3) is 21.8 Å². The average molecular weight is 385 g/mol. The number of hydrogen-bond acceptors (Lipinski definition) is 3. The lowest BCUT2D eigenvalue weighted by Crippen LogP contribution is -2.41. The minimum atomic E-state index is -0.0126. The van der Waals surface area contributed by atoms with Crippen molar-refractivity contribution in [3.05, 3.63) is 77.6 Å². The number of aromatic nitrogens is 2. The lowest BCUT2D eigenvalue weighted by Gasteiger charge is -2.26. The quantitative estimate of drug-likeness (QED) is 0.578. The molecule has 146 valence electrons. The van der Waals surface area contributed by atoms with Crippen molar-refractivity contribution in [2.75, 3.05) is 26.3 Å². The van der Waals surface area contributed by atoms with Crippen LogP contribution in [0, 0.1) is 0 Å². The first-order valence-electron chi connectivity index (χ1n) is 10.1. The second-order valence-corrected chi connectivity index (χ2v) is 7.44. The zero-order valence-electron chi connectivity index (χ0n) is 16.2. The second kappa shape index (κ2) is 7.68. The number of hydrogen-bond donors (Lipinski definition) is 1. The number of H-pyrrole nitrogens is 1. The van der Waals surface area contributed by atoms with Crippen molar-refractivity contribution in [3.63, 3.8) is 0 Å². The molecule has 1 fully saturated rings. The first-order valence-corrected chi connectivity index (χ1v) is 10.1. The van der Waals surface area contributed by atoms with Gasteiger partial charge in [0, 0.05) is 29.4 Å². The molecule has 0 saturated carbocycles. The second-order valence-electron chi connectivity index (χ2n) is 7.44. The van der Waals surface area contributed by atoms with E-state index in [9.17, 15) is 4.79 Å². The smallest absolute Gasteiger partial charge is 0.272 e. The fourth-order valence-electron chi connectivity index (χ4n) is 4.04. The molecule has 1 aliphatic rings. The Morgan fingerprint density at radius 2 is 1.72 bits per heavy atom. The van der Waals surface area contributed by atoms with Gasteiger partial charge in [0.1, 0.15) is 5.69 Å². The molecule has 1 aliphatic heterocycles. The van der Waals surface area contributed by atoms with Crippen molar-refractivity contribution < 1.29 is 9.53 Å². The Morgan fingerprint density at radius 1 is 0.966 bits per heavy atom. The van der Waals surface area contributed by atoms with E-state index in [2.05, 4.69) is 41.4 Å². The van der Waals surface area contributed by atoms with Gasteiger partial charge in [-0.1, -0.05) is 48.5 Å². The monoisotopic (exact) mass is 385 g/mol. The summed E-state index contributed by atoms with van der Waals surface area (Å²) >= 11 is 0. The van der Waals surface area contributed by atoms with Gasteiger partial charge in [-0.25, -0.2) is 4.98 Å². The predicted molar refractivity (Wildman–Crippen MR) is 114 cm³/mol. The van der Waals surface area contributed by atoms with Gasteiger partial charge >= 0.3 is 0 Å². The fraction of sp³-hybridized carbons (Fsp3) is 0.250. The van der Waals surface area contributed by atoms with Gasteiger partial charge in [-0.05, 0) is 30.5 Å². The molecule has 2 aromatic heterocycles. The van der Waals surface area contributed by atoms with Crippen LogP contribution >= 0.6 is 0 Å². The summed E-state index contributed by atoms with van der Waals surface area (Å²) < 4.78 is 5.39. The van der Waals surface area contributed by atoms with Crippen LogP contribution in [0.3, 0.4) is 0 Å². The van der Waals surface area contributed by atoms with E-state index < -0.39 is 0 Å². The van der Waals surface area contributed by atoms with Gasteiger partial charge in [-0.2, -0.15) is 0 Å². The summed E-state index contributed by atoms with van der Waals surface area (Å²) in [6, 6.07) is 20.6. The van der Waals surface area contributed by atoms with Crippen molar-refractivity contribution >= 4 is 27.7 Å². The van der Waals surface area contributed by atoms with Gasteiger partial charge in [0.05, 0.1) is 24.4 Å². The van der Waals surface area contributed by atoms with Gasteiger partial charge in [-0.3, -0.25) is 4.79 Å². The standard InChI is InChI=1S/C24H23N3O2/c28-24(27-12-14-29-15-13-27)22-16-19-18-8-4-5-9-20(18)26-23(19)21(25-22)11-10-17-6-2-1-3-7-17/h1-9,16,26H,10-15H2. The topological polar surface area (TPSA) is 58.2 Å². The van der Waals surface area contributed by atoms with Crippen LogP contribution in [-0.2, 0) is 17.6 Å². The van der Waals surface area contributed by atoms with Crippen molar-refractivity contribution in [2.45, 2.75) is 12.8 Å². The molecule has 29 heavy (non-hydrogen) atoms. The lowest BCUT2D eigenvalue weighted by molar-refractivity contribution is 0.0299. The summed E-state index contributed by atoms with van der Waals surface area (Å²) in [5.74, 6) is -0.0126. The number of benzene rings is 2. The first kappa shape index (κ1) is 17.9. The molecule has 5 heteroatoms. The summed E-state index contributed by atoms with van der Waals surface area (Å²) in [5, 5.41) is 2.19. The third-order valence-corrected chi connectivity index (χ3v) is 5.58. The highest BCUT2D eigenvalue weighted by Crippen LogP contribution is 2.28. The Hall–Kier alpha value is -3.18. The van der Waals surface area contributed by atoms with E-state index in [1.807, 2.05) is 29.2 Å². The van der Waals surface area contributed by atoms with Gasteiger partial charge in [0.15, 0.2) is 0 Å². The number of amides is 1. The van der Waals surface area contributed by atoms with Gasteiger partial charge in [-0.15, -0.1) is 0 Å². The molecule has 1 N–H and O–H groups in total. The molecule has 5 rings (SSSR count). The highest BCUT2D eigenvalue weighted by atomic mass is 16.5. The Morgan fingerprint density at radius 3 is 2.55 bits per heavy atom.